The summed E-state index contributed by atoms with van der Waals surface area (Å²) in [6.07, 6.45) is -1.69. The predicted molar refractivity (Wildman–Crippen MR) is 87.3 cm³/mol. The van der Waals surface area contributed by atoms with Gasteiger partial charge in [0.1, 0.15) is 17.9 Å². The van der Waals surface area contributed by atoms with Crippen LogP contribution in [0.1, 0.15) is 12.2 Å². The van der Waals surface area contributed by atoms with Gasteiger partial charge in [-0.15, -0.1) is 0 Å². The SMILES string of the molecule is O=C(Nc1ccc(Cl)cc1OCC(F)(F)F)N[C@@H]1CCc2ncnn2C1. The van der Waals surface area contributed by atoms with Crippen molar-refractivity contribution in [1.82, 2.24) is 20.1 Å². The van der Waals surface area contributed by atoms with E-state index in [0.717, 1.165) is 5.82 Å². The number of carbonyl (C=O) groups is 1. The highest BCUT2D eigenvalue weighted by molar-refractivity contribution is 6.30. The van der Waals surface area contributed by atoms with Crippen LogP contribution in [-0.4, -0.2) is 39.6 Å². The predicted octanol–water partition coefficient (Wildman–Crippen LogP) is 3.01. The summed E-state index contributed by atoms with van der Waals surface area (Å²) in [5.41, 5.74) is 0.0911. The van der Waals surface area contributed by atoms with Crippen LogP contribution in [0.5, 0.6) is 5.75 Å². The number of aromatic nitrogens is 3. The lowest BCUT2D eigenvalue weighted by atomic mass is 10.1. The van der Waals surface area contributed by atoms with Crippen molar-refractivity contribution >= 4 is 23.3 Å². The molecular formula is C15H15ClF3N5O2. The van der Waals surface area contributed by atoms with Gasteiger partial charge >= 0.3 is 12.2 Å². The summed E-state index contributed by atoms with van der Waals surface area (Å²) < 4.78 is 43.5. The third-order valence-electron chi connectivity index (χ3n) is 3.72. The second-order valence-corrected chi connectivity index (χ2v) is 6.17. The Labute approximate surface area is 151 Å². The average Bonchev–Trinajstić information content (AvgIpc) is 3.02. The molecule has 0 spiro atoms. The molecule has 0 radical (unpaired) electrons. The third kappa shape index (κ3) is 4.78. The first kappa shape index (κ1) is 18.3. The Kier molecular flexibility index (Phi) is 5.21. The van der Waals surface area contributed by atoms with Crippen molar-refractivity contribution < 1.29 is 22.7 Å². The lowest BCUT2D eigenvalue weighted by Crippen LogP contribution is -2.43. The Bertz CT molecular complexity index is 796. The number of ether oxygens (including phenoxy) is 1. The summed E-state index contributed by atoms with van der Waals surface area (Å²) in [7, 11) is 0. The van der Waals surface area contributed by atoms with Crippen LogP contribution in [-0.2, 0) is 13.0 Å². The Morgan fingerprint density at radius 1 is 1.42 bits per heavy atom. The number of hydrogen-bond acceptors (Lipinski definition) is 4. The molecule has 0 aliphatic carbocycles. The summed E-state index contributed by atoms with van der Waals surface area (Å²) in [4.78, 5) is 16.3. The summed E-state index contributed by atoms with van der Waals surface area (Å²) in [5, 5.41) is 9.51. The number of fused-ring (bicyclic) bond motifs is 1. The normalized spacial score (nSPS) is 16.7. The van der Waals surface area contributed by atoms with Gasteiger partial charge in [0, 0.05) is 17.5 Å². The van der Waals surface area contributed by atoms with Gasteiger partial charge in [-0.25, -0.2) is 14.5 Å². The number of benzene rings is 1. The molecule has 2 amide bonds. The summed E-state index contributed by atoms with van der Waals surface area (Å²) in [6.45, 7) is -1.01. The fourth-order valence-corrected chi connectivity index (χ4v) is 2.74. The molecule has 140 valence electrons. The van der Waals surface area contributed by atoms with E-state index in [4.69, 9.17) is 16.3 Å². The lowest BCUT2D eigenvalue weighted by Gasteiger charge is -2.24. The first-order chi connectivity index (χ1) is 12.3. The molecule has 0 bridgehead atoms. The minimum Gasteiger partial charge on any atom is -0.482 e. The van der Waals surface area contributed by atoms with E-state index in [-0.39, 0.29) is 22.5 Å². The molecule has 1 aromatic carbocycles. The molecule has 2 heterocycles. The highest BCUT2D eigenvalue weighted by Gasteiger charge is 2.29. The molecule has 0 saturated heterocycles. The summed E-state index contributed by atoms with van der Waals surface area (Å²) in [5.74, 6) is 0.691. The number of nitrogens with zero attached hydrogens (tertiary/aromatic N) is 3. The Morgan fingerprint density at radius 3 is 3.00 bits per heavy atom. The van der Waals surface area contributed by atoms with Crippen LogP contribution in [0.25, 0.3) is 0 Å². The fraction of sp³-hybridized carbons (Fsp3) is 0.400. The van der Waals surface area contributed by atoms with E-state index in [1.54, 1.807) is 4.68 Å². The van der Waals surface area contributed by atoms with E-state index in [2.05, 4.69) is 20.7 Å². The van der Waals surface area contributed by atoms with Crippen molar-refractivity contribution in [3.05, 3.63) is 35.4 Å². The maximum atomic E-state index is 12.4. The highest BCUT2D eigenvalue weighted by atomic mass is 35.5. The molecule has 0 saturated carbocycles. The number of hydrogen-bond donors (Lipinski definition) is 2. The van der Waals surface area contributed by atoms with Crippen molar-refractivity contribution in [3.63, 3.8) is 0 Å². The van der Waals surface area contributed by atoms with Gasteiger partial charge in [0.2, 0.25) is 0 Å². The number of aryl methyl sites for hydroxylation is 1. The first-order valence-electron chi connectivity index (χ1n) is 7.73. The number of carbonyl (C=O) groups excluding carboxylic acids is 1. The minimum absolute atomic E-state index is 0.0911. The van der Waals surface area contributed by atoms with Crippen molar-refractivity contribution in [2.24, 2.45) is 0 Å². The van der Waals surface area contributed by atoms with Crippen LogP contribution in [0.3, 0.4) is 0 Å². The maximum Gasteiger partial charge on any atom is 0.422 e. The van der Waals surface area contributed by atoms with E-state index >= 15 is 0 Å². The topological polar surface area (TPSA) is 81.1 Å². The molecule has 0 unspecified atom stereocenters. The van der Waals surface area contributed by atoms with Gasteiger partial charge in [0.05, 0.1) is 18.3 Å². The molecule has 1 atom stereocenters. The van der Waals surface area contributed by atoms with Crippen molar-refractivity contribution in [3.8, 4) is 5.75 Å². The zero-order valence-corrected chi connectivity index (χ0v) is 14.1. The third-order valence-corrected chi connectivity index (χ3v) is 3.96. The first-order valence-corrected chi connectivity index (χ1v) is 8.11. The average molecular weight is 390 g/mol. The van der Waals surface area contributed by atoms with Crippen LogP contribution < -0.4 is 15.4 Å². The Hall–Kier alpha value is -2.49. The number of urea groups is 1. The van der Waals surface area contributed by atoms with Crippen LogP contribution in [0.4, 0.5) is 23.7 Å². The largest absolute Gasteiger partial charge is 0.482 e. The van der Waals surface area contributed by atoms with Crippen LogP contribution >= 0.6 is 11.6 Å². The van der Waals surface area contributed by atoms with Crippen molar-refractivity contribution in [2.75, 3.05) is 11.9 Å². The number of anilines is 1. The van der Waals surface area contributed by atoms with E-state index in [9.17, 15) is 18.0 Å². The Balaban J connectivity index is 1.62. The number of nitrogens with one attached hydrogen (secondary N) is 2. The van der Waals surface area contributed by atoms with Gasteiger partial charge < -0.3 is 15.4 Å². The van der Waals surface area contributed by atoms with Crippen molar-refractivity contribution in [2.45, 2.75) is 31.6 Å². The van der Waals surface area contributed by atoms with Crippen LogP contribution in [0.15, 0.2) is 24.5 Å². The number of rotatable bonds is 4. The lowest BCUT2D eigenvalue weighted by molar-refractivity contribution is -0.153. The van der Waals surface area contributed by atoms with Gasteiger partial charge in [-0.1, -0.05) is 11.6 Å². The highest BCUT2D eigenvalue weighted by Crippen LogP contribution is 2.30. The van der Waals surface area contributed by atoms with Gasteiger partial charge in [-0.3, -0.25) is 0 Å². The zero-order chi connectivity index (χ0) is 18.7. The van der Waals surface area contributed by atoms with E-state index in [0.29, 0.717) is 19.4 Å². The smallest absolute Gasteiger partial charge is 0.422 e. The molecule has 1 aromatic heterocycles. The molecule has 2 N–H and O–H groups in total. The van der Waals surface area contributed by atoms with E-state index < -0.39 is 18.8 Å². The number of alkyl halides is 3. The second-order valence-electron chi connectivity index (χ2n) is 5.74. The molecule has 11 heteroatoms. The second kappa shape index (κ2) is 7.40. The van der Waals surface area contributed by atoms with E-state index in [1.165, 1.54) is 24.5 Å². The van der Waals surface area contributed by atoms with Crippen molar-refractivity contribution in [1.29, 1.82) is 0 Å². The quantitative estimate of drug-likeness (QED) is 0.842. The molecule has 2 aromatic rings. The standard InChI is InChI=1S/C15H15ClF3N5O2/c16-9-1-3-11(12(5-9)26-7-15(17,18)19)23-14(25)22-10-2-4-13-20-8-21-24(13)6-10/h1,3,5,8,10H,2,4,6-7H2,(H2,22,23,25)/t10-/m1/s1. The van der Waals surface area contributed by atoms with E-state index in [1.807, 2.05) is 0 Å². The Morgan fingerprint density at radius 2 is 2.23 bits per heavy atom. The van der Waals surface area contributed by atoms with Gasteiger partial charge in [-0.05, 0) is 18.6 Å². The minimum atomic E-state index is -4.50. The molecular weight excluding hydrogens is 375 g/mol. The molecule has 3 rings (SSSR count). The zero-order valence-electron chi connectivity index (χ0n) is 13.4. The van der Waals surface area contributed by atoms with Crippen LogP contribution in [0, 0.1) is 0 Å². The monoisotopic (exact) mass is 389 g/mol. The fourth-order valence-electron chi connectivity index (χ4n) is 2.58. The number of amides is 2. The molecule has 7 nitrogen and oxygen atoms in total. The van der Waals surface area contributed by atoms with Gasteiger partial charge in [0.15, 0.2) is 6.61 Å². The molecule has 1 aliphatic rings. The maximum absolute atomic E-state index is 12.4. The molecule has 26 heavy (non-hydrogen) atoms. The molecule has 1 aliphatic heterocycles. The number of halogens is 4. The van der Waals surface area contributed by atoms with Gasteiger partial charge in [-0.2, -0.15) is 18.3 Å². The summed E-state index contributed by atoms with van der Waals surface area (Å²) in [6, 6.07) is 3.31. The molecule has 0 fully saturated rings. The summed E-state index contributed by atoms with van der Waals surface area (Å²) >= 11 is 5.79. The van der Waals surface area contributed by atoms with Gasteiger partial charge in [0.25, 0.3) is 0 Å². The van der Waals surface area contributed by atoms with Crippen LogP contribution in [0.2, 0.25) is 5.02 Å².